The summed E-state index contributed by atoms with van der Waals surface area (Å²) in [5, 5.41) is 29.7. The summed E-state index contributed by atoms with van der Waals surface area (Å²) < 4.78 is 5.88. The van der Waals surface area contributed by atoms with Gasteiger partial charge in [0.25, 0.3) is 0 Å². The molecule has 0 saturated heterocycles. The zero-order chi connectivity index (χ0) is 22.5. The number of nitrogens with one attached hydrogen (secondary N) is 1. The maximum absolute atomic E-state index is 11.0. The highest BCUT2D eigenvalue weighted by Gasteiger charge is 2.17. The van der Waals surface area contributed by atoms with Crippen LogP contribution in [0.5, 0.6) is 0 Å². The maximum atomic E-state index is 11.0. The van der Waals surface area contributed by atoms with Crippen LogP contribution in [-0.2, 0) is 11.3 Å². The van der Waals surface area contributed by atoms with E-state index in [4.69, 9.17) is 26.2 Å². The van der Waals surface area contributed by atoms with E-state index in [1.165, 1.54) is 0 Å². The van der Waals surface area contributed by atoms with Crippen LogP contribution in [0.4, 0.5) is 0 Å². The molecule has 0 radical (unpaired) electrons. The summed E-state index contributed by atoms with van der Waals surface area (Å²) in [6, 6.07) is 21.8. The van der Waals surface area contributed by atoms with Gasteiger partial charge in [-0.3, -0.25) is 10.1 Å². The van der Waals surface area contributed by atoms with Crippen molar-refractivity contribution in [2.45, 2.75) is 12.6 Å². The monoisotopic (exact) mass is 485 g/mol. The Balaban J connectivity index is 0.00000306. The molecule has 0 spiro atoms. The average Bonchev–Trinajstić information content (AvgIpc) is 3.30. The van der Waals surface area contributed by atoms with E-state index in [1.807, 2.05) is 72.8 Å². The Morgan fingerprint density at radius 3 is 2.24 bits per heavy atom. The van der Waals surface area contributed by atoms with Gasteiger partial charge in [0.15, 0.2) is 0 Å². The highest BCUT2D eigenvalue weighted by atomic mass is 35.5. The van der Waals surface area contributed by atoms with Crippen LogP contribution in [0.15, 0.2) is 77.2 Å². The lowest BCUT2D eigenvalue weighted by molar-refractivity contribution is -0.140. The molecule has 4 aromatic rings. The Morgan fingerprint density at radius 1 is 0.909 bits per heavy atom. The Morgan fingerprint density at radius 2 is 1.58 bits per heavy atom. The van der Waals surface area contributed by atoms with E-state index in [1.54, 1.807) is 0 Å². The van der Waals surface area contributed by atoms with Crippen LogP contribution in [0.3, 0.4) is 0 Å². The number of aromatic nitrogens is 2. The molecule has 1 heterocycles. The number of carboxylic acid groups (broad SMARTS) is 1. The van der Waals surface area contributed by atoms with E-state index >= 15 is 0 Å². The second-order valence-corrected chi connectivity index (χ2v) is 7.47. The minimum Gasteiger partial charge on any atom is -0.480 e. The average molecular weight is 486 g/mol. The van der Waals surface area contributed by atoms with Gasteiger partial charge in [0.1, 0.15) is 6.04 Å². The van der Waals surface area contributed by atoms with Crippen LogP contribution in [0.2, 0.25) is 5.02 Å². The van der Waals surface area contributed by atoms with Crippen molar-refractivity contribution in [3.05, 3.63) is 83.4 Å². The van der Waals surface area contributed by atoms with Crippen LogP contribution in [0, 0.1) is 0 Å². The SMILES string of the molecule is Cl.O=C(O)C(CO)NCc1ccc(-c2nnc(-c3cccc(-c4ccccc4)c3Cl)o2)cc1. The molecular weight excluding hydrogens is 465 g/mol. The van der Waals surface area contributed by atoms with Crippen molar-refractivity contribution in [3.8, 4) is 34.0 Å². The van der Waals surface area contributed by atoms with Gasteiger partial charge in [-0.05, 0) is 29.3 Å². The molecule has 0 aliphatic heterocycles. The first-order valence-corrected chi connectivity index (χ1v) is 10.3. The molecule has 0 aliphatic rings. The number of aliphatic hydroxyl groups is 1. The maximum Gasteiger partial charge on any atom is 0.323 e. The number of hydrogen-bond acceptors (Lipinski definition) is 6. The fourth-order valence-corrected chi connectivity index (χ4v) is 3.54. The number of carbonyl (C=O) groups is 1. The number of benzene rings is 3. The fraction of sp³-hybridized carbons (Fsp3) is 0.125. The molecular formula is C24H21Cl2N3O4. The number of carboxylic acids is 1. The molecule has 7 nitrogen and oxygen atoms in total. The zero-order valence-corrected chi connectivity index (χ0v) is 18.9. The molecule has 3 aromatic carbocycles. The highest BCUT2D eigenvalue weighted by molar-refractivity contribution is 6.35. The summed E-state index contributed by atoms with van der Waals surface area (Å²) in [5.41, 5.74) is 4.10. The lowest BCUT2D eigenvalue weighted by Gasteiger charge is -2.11. The topological polar surface area (TPSA) is 108 Å². The molecule has 4 rings (SSSR count). The molecule has 0 amide bonds. The molecule has 1 aromatic heterocycles. The number of halogens is 2. The van der Waals surface area contributed by atoms with Gasteiger partial charge < -0.3 is 14.6 Å². The summed E-state index contributed by atoms with van der Waals surface area (Å²) in [5.74, 6) is -0.433. The quantitative estimate of drug-likeness (QED) is 0.332. The summed E-state index contributed by atoms with van der Waals surface area (Å²) in [4.78, 5) is 11.0. The van der Waals surface area contributed by atoms with Gasteiger partial charge in [-0.1, -0.05) is 66.2 Å². The van der Waals surface area contributed by atoms with Gasteiger partial charge in [0.05, 0.1) is 17.2 Å². The number of hydrogen-bond donors (Lipinski definition) is 3. The van der Waals surface area contributed by atoms with E-state index in [0.717, 1.165) is 22.3 Å². The van der Waals surface area contributed by atoms with Gasteiger partial charge >= 0.3 is 5.97 Å². The van der Waals surface area contributed by atoms with Gasteiger partial charge in [0, 0.05) is 17.7 Å². The Kier molecular flexibility index (Phi) is 8.19. The molecule has 9 heteroatoms. The third kappa shape index (κ3) is 5.58. The third-order valence-corrected chi connectivity index (χ3v) is 5.38. The first kappa shape index (κ1) is 24.4. The molecule has 0 fully saturated rings. The Hall–Kier alpha value is -3.23. The van der Waals surface area contributed by atoms with Gasteiger partial charge in [-0.25, -0.2) is 0 Å². The lowest BCUT2D eigenvalue weighted by atomic mass is 10.0. The highest BCUT2D eigenvalue weighted by Crippen LogP contribution is 2.36. The summed E-state index contributed by atoms with van der Waals surface area (Å²) in [6.45, 7) is -0.180. The van der Waals surface area contributed by atoms with Crippen molar-refractivity contribution in [1.29, 1.82) is 0 Å². The molecule has 0 saturated carbocycles. The van der Waals surface area contributed by atoms with E-state index in [0.29, 0.717) is 28.9 Å². The van der Waals surface area contributed by atoms with Crippen LogP contribution < -0.4 is 5.32 Å². The molecule has 0 aliphatic carbocycles. The predicted molar refractivity (Wildman–Crippen MR) is 128 cm³/mol. The summed E-state index contributed by atoms with van der Waals surface area (Å²) >= 11 is 6.65. The summed E-state index contributed by atoms with van der Waals surface area (Å²) in [6.07, 6.45) is 0. The van der Waals surface area contributed by atoms with E-state index in [2.05, 4.69) is 15.5 Å². The van der Waals surface area contributed by atoms with Gasteiger partial charge in [-0.15, -0.1) is 22.6 Å². The minimum absolute atomic E-state index is 0. The Bertz CT molecular complexity index is 1210. The second-order valence-electron chi connectivity index (χ2n) is 7.10. The second kappa shape index (κ2) is 11.1. The van der Waals surface area contributed by atoms with Gasteiger partial charge in [-0.2, -0.15) is 0 Å². The van der Waals surface area contributed by atoms with Crippen molar-refractivity contribution >= 4 is 30.0 Å². The number of rotatable bonds is 8. The number of aliphatic carboxylic acids is 1. The smallest absolute Gasteiger partial charge is 0.323 e. The van der Waals surface area contributed by atoms with Crippen LogP contribution in [0.1, 0.15) is 5.56 Å². The molecule has 170 valence electrons. The number of nitrogens with zero attached hydrogens (tertiary/aromatic N) is 2. The fourth-order valence-electron chi connectivity index (χ4n) is 3.22. The number of aliphatic hydroxyl groups excluding tert-OH is 1. The normalized spacial score (nSPS) is 11.6. The molecule has 1 unspecified atom stereocenters. The summed E-state index contributed by atoms with van der Waals surface area (Å²) in [7, 11) is 0. The first-order chi connectivity index (χ1) is 15.6. The first-order valence-electron chi connectivity index (χ1n) is 9.91. The predicted octanol–water partition coefficient (Wildman–Crippen LogP) is 4.68. The molecule has 3 N–H and O–H groups in total. The van der Waals surface area contributed by atoms with Crippen molar-refractivity contribution in [2.24, 2.45) is 0 Å². The van der Waals surface area contributed by atoms with Crippen molar-refractivity contribution < 1.29 is 19.4 Å². The zero-order valence-electron chi connectivity index (χ0n) is 17.3. The van der Waals surface area contributed by atoms with E-state index < -0.39 is 18.6 Å². The van der Waals surface area contributed by atoms with Crippen LogP contribution in [0.25, 0.3) is 34.0 Å². The van der Waals surface area contributed by atoms with E-state index in [-0.39, 0.29) is 12.4 Å². The Labute approximate surface area is 201 Å². The molecule has 1 atom stereocenters. The van der Waals surface area contributed by atoms with Crippen LogP contribution >= 0.6 is 24.0 Å². The van der Waals surface area contributed by atoms with Crippen LogP contribution in [-0.4, -0.2) is 39.0 Å². The van der Waals surface area contributed by atoms with Gasteiger partial charge in [0.2, 0.25) is 11.8 Å². The van der Waals surface area contributed by atoms with Crippen molar-refractivity contribution in [3.63, 3.8) is 0 Å². The standard InChI is InChI=1S/C24H20ClN3O4.ClH/c25-21-18(16-5-2-1-3-6-16)7-4-8-19(21)23-28-27-22(32-23)17-11-9-15(10-12-17)13-26-20(14-29)24(30)31;/h1-12,20,26,29H,13-14H2,(H,30,31);1H. The largest absolute Gasteiger partial charge is 0.480 e. The molecule has 0 bridgehead atoms. The minimum atomic E-state index is -1.10. The van der Waals surface area contributed by atoms with Crippen molar-refractivity contribution in [1.82, 2.24) is 15.5 Å². The lowest BCUT2D eigenvalue weighted by Crippen LogP contribution is -2.39. The van der Waals surface area contributed by atoms with Crippen molar-refractivity contribution in [2.75, 3.05) is 6.61 Å². The third-order valence-electron chi connectivity index (χ3n) is 4.97. The molecule has 33 heavy (non-hydrogen) atoms. The van der Waals surface area contributed by atoms with E-state index in [9.17, 15) is 4.79 Å².